The molecular formula is C23H26N2O5. The number of carbonyl (C=O) groups excluding carboxylic acids is 2. The van der Waals surface area contributed by atoms with E-state index in [9.17, 15) is 9.59 Å². The molecule has 0 saturated carbocycles. The van der Waals surface area contributed by atoms with E-state index in [1.807, 2.05) is 48.2 Å². The third-order valence-corrected chi connectivity index (χ3v) is 4.74. The minimum absolute atomic E-state index is 0.149. The predicted molar refractivity (Wildman–Crippen MR) is 115 cm³/mol. The van der Waals surface area contributed by atoms with Crippen LogP contribution >= 0.6 is 0 Å². The Bertz CT molecular complexity index is 1030. The summed E-state index contributed by atoms with van der Waals surface area (Å²) in [6.45, 7) is 5.11. The maximum Gasteiger partial charge on any atom is 0.374 e. The summed E-state index contributed by atoms with van der Waals surface area (Å²) in [7, 11) is 1.56. The van der Waals surface area contributed by atoms with Gasteiger partial charge in [0.05, 0.1) is 25.9 Å². The van der Waals surface area contributed by atoms with Crippen LogP contribution in [0.1, 0.15) is 30.0 Å². The van der Waals surface area contributed by atoms with Crippen molar-refractivity contribution in [3.8, 4) is 5.75 Å². The molecule has 0 radical (unpaired) electrons. The summed E-state index contributed by atoms with van der Waals surface area (Å²) in [6, 6.07) is 14.7. The summed E-state index contributed by atoms with van der Waals surface area (Å²) in [6.07, 6.45) is 0. The van der Waals surface area contributed by atoms with Crippen LogP contribution in [0.3, 0.4) is 0 Å². The molecule has 3 aromatic rings. The Morgan fingerprint density at radius 3 is 2.53 bits per heavy atom. The van der Waals surface area contributed by atoms with E-state index in [0.717, 1.165) is 10.9 Å². The maximum absolute atomic E-state index is 12.6. The quantitative estimate of drug-likeness (QED) is 0.536. The Morgan fingerprint density at radius 1 is 1.07 bits per heavy atom. The molecule has 158 valence electrons. The van der Waals surface area contributed by atoms with Crippen LogP contribution in [0, 0.1) is 0 Å². The minimum Gasteiger partial charge on any atom is -0.495 e. The number of nitrogens with zero attached hydrogens (tertiary/aromatic N) is 1. The fourth-order valence-electron chi connectivity index (χ4n) is 3.26. The topological polar surface area (TPSA) is 81.0 Å². The van der Waals surface area contributed by atoms with E-state index in [0.29, 0.717) is 30.1 Å². The average Bonchev–Trinajstić information content (AvgIpc) is 3.12. The van der Waals surface area contributed by atoms with Crippen molar-refractivity contribution in [2.45, 2.75) is 20.4 Å². The van der Waals surface area contributed by atoms with E-state index in [2.05, 4.69) is 5.32 Å². The first-order valence-corrected chi connectivity index (χ1v) is 9.90. The van der Waals surface area contributed by atoms with Gasteiger partial charge < -0.3 is 19.2 Å². The van der Waals surface area contributed by atoms with Gasteiger partial charge in [0, 0.05) is 17.5 Å². The van der Waals surface area contributed by atoms with E-state index < -0.39 is 5.97 Å². The molecule has 7 nitrogen and oxygen atoms in total. The second kappa shape index (κ2) is 9.93. The highest BCUT2D eigenvalue weighted by atomic mass is 16.5. The third-order valence-electron chi connectivity index (χ3n) is 4.74. The van der Waals surface area contributed by atoms with Gasteiger partial charge in [-0.15, -0.1) is 0 Å². The van der Waals surface area contributed by atoms with E-state index in [1.165, 1.54) is 0 Å². The monoisotopic (exact) mass is 410 g/mol. The number of ether oxygens (including phenoxy) is 2. The van der Waals surface area contributed by atoms with Gasteiger partial charge in [-0.1, -0.05) is 37.3 Å². The normalized spacial score (nSPS) is 10.9. The number of esters is 1. The number of methoxy groups -OCH3 is 1. The number of para-hydroxylation sites is 3. The van der Waals surface area contributed by atoms with E-state index in [1.54, 1.807) is 26.2 Å². The Kier molecular flexibility index (Phi) is 7.08. The van der Waals surface area contributed by atoms with Gasteiger partial charge in [-0.3, -0.25) is 9.69 Å². The molecule has 0 saturated heterocycles. The highest BCUT2D eigenvalue weighted by molar-refractivity contribution is 5.96. The zero-order valence-corrected chi connectivity index (χ0v) is 17.4. The molecule has 0 fully saturated rings. The van der Waals surface area contributed by atoms with Crippen molar-refractivity contribution in [3.63, 3.8) is 0 Å². The SMILES string of the molecule is CCOC(=O)c1oc2ccccc2c1CN(CC)CC(=O)Nc1ccccc1OC. The lowest BCUT2D eigenvalue weighted by molar-refractivity contribution is -0.117. The molecule has 3 rings (SSSR count). The first kappa shape index (κ1) is 21.4. The number of rotatable bonds is 9. The third kappa shape index (κ3) is 4.80. The predicted octanol–water partition coefficient (Wildman–Crippen LogP) is 4.08. The van der Waals surface area contributed by atoms with Gasteiger partial charge >= 0.3 is 5.97 Å². The van der Waals surface area contributed by atoms with Crippen molar-refractivity contribution in [1.29, 1.82) is 0 Å². The summed E-state index contributed by atoms with van der Waals surface area (Å²) < 4.78 is 16.2. The highest BCUT2D eigenvalue weighted by Crippen LogP contribution is 2.28. The molecule has 0 atom stereocenters. The number of likely N-dealkylation sites (N-methyl/N-ethyl adjacent to an activating group) is 1. The average molecular weight is 410 g/mol. The van der Waals surface area contributed by atoms with E-state index in [-0.39, 0.29) is 24.8 Å². The van der Waals surface area contributed by atoms with Crippen LogP contribution in [0.2, 0.25) is 0 Å². The van der Waals surface area contributed by atoms with Gasteiger partial charge in [0.15, 0.2) is 0 Å². The number of benzene rings is 2. The van der Waals surface area contributed by atoms with Crippen molar-refractivity contribution in [2.75, 3.05) is 32.1 Å². The molecule has 1 amide bonds. The van der Waals surface area contributed by atoms with Crippen LogP contribution in [0.4, 0.5) is 5.69 Å². The summed E-state index contributed by atoms with van der Waals surface area (Å²) in [4.78, 5) is 27.0. The van der Waals surface area contributed by atoms with Crippen LogP contribution in [0.5, 0.6) is 5.75 Å². The van der Waals surface area contributed by atoms with Crippen molar-refractivity contribution in [2.24, 2.45) is 0 Å². The van der Waals surface area contributed by atoms with E-state index in [4.69, 9.17) is 13.9 Å². The fourth-order valence-corrected chi connectivity index (χ4v) is 3.26. The van der Waals surface area contributed by atoms with Gasteiger partial charge in [0.2, 0.25) is 11.7 Å². The van der Waals surface area contributed by atoms with Crippen molar-refractivity contribution in [1.82, 2.24) is 4.90 Å². The lowest BCUT2D eigenvalue weighted by Crippen LogP contribution is -2.33. The zero-order chi connectivity index (χ0) is 21.5. The molecular weight excluding hydrogens is 384 g/mol. The van der Waals surface area contributed by atoms with Crippen LogP contribution < -0.4 is 10.1 Å². The number of amides is 1. The summed E-state index contributed by atoms with van der Waals surface area (Å²) in [5.74, 6) is 0.103. The molecule has 30 heavy (non-hydrogen) atoms. The molecule has 0 aliphatic rings. The molecule has 7 heteroatoms. The van der Waals surface area contributed by atoms with Gasteiger partial charge in [-0.05, 0) is 31.7 Å². The lowest BCUT2D eigenvalue weighted by atomic mass is 10.1. The molecule has 1 heterocycles. The number of hydrogen-bond donors (Lipinski definition) is 1. The Hall–Kier alpha value is -3.32. The Morgan fingerprint density at radius 2 is 1.80 bits per heavy atom. The molecule has 1 aromatic heterocycles. The summed E-state index contributed by atoms with van der Waals surface area (Å²) in [5, 5.41) is 3.72. The van der Waals surface area contributed by atoms with Crippen LogP contribution in [-0.4, -0.2) is 43.6 Å². The molecule has 0 bridgehead atoms. The number of carbonyl (C=O) groups is 2. The first-order chi connectivity index (χ1) is 14.6. The largest absolute Gasteiger partial charge is 0.495 e. The maximum atomic E-state index is 12.6. The summed E-state index contributed by atoms with van der Waals surface area (Å²) in [5.41, 5.74) is 1.95. The van der Waals surface area contributed by atoms with E-state index >= 15 is 0 Å². The number of hydrogen-bond acceptors (Lipinski definition) is 6. The number of furan rings is 1. The molecule has 1 N–H and O–H groups in total. The Balaban J connectivity index is 1.80. The van der Waals surface area contributed by atoms with Crippen LogP contribution in [0.15, 0.2) is 52.9 Å². The molecule has 2 aromatic carbocycles. The van der Waals surface area contributed by atoms with Gasteiger partial charge in [-0.25, -0.2) is 4.79 Å². The lowest BCUT2D eigenvalue weighted by Gasteiger charge is -2.20. The number of anilines is 1. The molecule has 0 unspecified atom stereocenters. The van der Waals surface area contributed by atoms with Crippen LogP contribution in [-0.2, 0) is 16.1 Å². The number of fused-ring (bicyclic) bond motifs is 1. The Labute approximate surface area is 175 Å². The second-order valence-corrected chi connectivity index (χ2v) is 6.68. The molecule has 0 aliphatic carbocycles. The fraction of sp³-hybridized carbons (Fsp3) is 0.304. The zero-order valence-electron chi connectivity index (χ0n) is 17.4. The van der Waals surface area contributed by atoms with Crippen LogP contribution in [0.25, 0.3) is 11.0 Å². The van der Waals surface area contributed by atoms with Gasteiger partial charge in [0.1, 0.15) is 11.3 Å². The van der Waals surface area contributed by atoms with Gasteiger partial charge in [0.25, 0.3) is 0 Å². The standard InChI is InChI=1S/C23H26N2O5/c1-4-25(15-21(26)24-18-11-7-9-13-20(18)28-3)14-17-16-10-6-8-12-19(16)30-22(17)23(27)29-5-2/h6-13H,4-5,14-15H2,1-3H3,(H,24,26). The van der Waals surface area contributed by atoms with Crippen molar-refractivity contribution >= 4 is 28.5 Å². The first-order valence-electron chi connectivity index (χ1n) is 9.90. The summed E-state index contributed by atoms with van der Waals surface area (Å²) >= 11 is 0. The smallest absolute Gasteiger partial charge is 0.374 e. The molecule has 0 spiro atoms. The minimum atomic E-state index is -0.502. The second-order valence-electron chi connectivity index (χ2n) is 6.68. The molecule has 0 aliphatic heterocycles. The van der Waals surface area contributed by atoms with Crippen molar-refractivity contribution < 1.29 is 23.5 Å². The van der Waals surface area contributed by atoms with Gasteiger partial charge in [-0.2, -0.15) is 0 Å². The van der Waals surface area contributed by atoms with Crippen molar-refractivity contribution in [3.05, 3.63) is 59.9 Å². The number of nitrogens with one attached hydrogen (secondary N) is 1. The highest BCUT2D eigenvalue weighted by Gasteiger charge is 2.23.